The molecule has 1 aromatic carbocycles. The summed E-state index contributed by atoms with van der Waals surface area (Å²) in [5.41, 5.74) is 6.71. The Kier molecular flexibility index (Phi) is 4.63. The largest absolute Gasteiger partial charge is 0.341 e. The molecule has 0 saturated carbocycles. The molecule has 0 aromatic heterocycles. The quantitative estimate of drug-likeness (QED) is 0.869. The van der Waals surface area contributed by atoms with Gasteiger partial charge in [0.15, 0.2) is 0 Å². The Balaban J connectivity index is 2.85. The third-order valence-corrected chi connectivity index (χ3v) is 2.76. The van der Waals surface area contributed by atoms with Gasteiger partial charge >= 0.3 is 0 Å². The normalized spacial score (nSPS) is 12.3. The minimum atomic E-state index is -0.390. The summed E-state index contributed by atoms with van der Waals surface area (Å²) in [6, 6.07) is 4.25. The molecule has 1 aromatic rings. The maximum Gasteiger partial charge on any atom is 0.253 e. The highest BCUT2D eigenvalue weighted by Gasteiger charge is 2.16. The van der Waals surface area contributed by atoms with Gasteiger partial charge in [0, 0.05) is 19.2 Å². The van der Waals surface area contributed by atoms with Gasteiger partial charge in [-0.25, -0.2) is 4.39 Å². The molecule has 0 aliphatic heterocycles. The zero-order chi connectivity index (χ0) is 13.0. The van der Waals surface area contributed by atoms with Crippen LogP contribution < -0.4 is 5.73 Å². The first-order valence-electron chi connectivity index (χ1n) is 5.67. The van der Waals surface area contributed by atoms with E-state index in [1.54, 1.807) is 24.9 Å². The number of halogens is 1. The highest BCUT2D eigenvalue weighted by Crippen LogP contribution is 2.13. The first-order chi connectivity index (χ1) is 7.95. The molecule has 1 rings (SSSR count). The van der Waals surface area contributed by atoms with Gasteiger partial charge in [0.2, 0.25) is 0 Å². The van der Waals surface area contributed by atoms with E-state index in [0.29, 0.717) is 18.7 Å². The Hall–Kier alpha value is -1.42. The van der Waals surface area contributed by atoms with E-state index in [2.05, 4.69) is 0 Å². The standard InChI is InChI=1S/C13H19FN2O/c1-9(7-15)8-16(3)13(17)12-6-11(14)5-4-10(12)2/h4-6,9H,7-8,15H2,1-3H3. The fourth-order valence-electron chi connectivity index (χ4n) is 1.66. The van der Waals surface area contributed by atoms with Gasteiger partial charge < -0.3 is 10.6 Å². The molecule has 1 amide bonds. The van der Waals surface area contributed by atoms with Gasteiger partial charge in [0.05, 0.1) is 0 Å². The molecule has 1 unspecified atom stereocenters. The molecule has 0 saturated heterocycles. The average Bonchev–Trinajstić information content (AvgIpc) is 2.31. The van der Waals surface area contributed by atoms with Crippen LogP contribution in [0.5, 0.6) is 0 Å². The van der Waals surface area contributed by atoms with Crippen molar-refractivity contribution in [2.24, 2.45) is 11.7 Å². The fraction of sp³-hybridized carbons (Fsp3) is 0.462. The van der Waals surface area contributed by atoms with Crippen molar-refractivity contribution in [3.05, 3.63) is 35.1 Å². The van der Waals surface area contributed by atoms with E-state index >= 15 is 0 Å². The number of hydrogen-bond donors (Lipinski definition) is 1. The van der Waals surface area contributed by atoms with E-state index in [1.165, 1.54) is 12.1 Å². The molecular formula is C13H19FN2O. The van der Waals surface area contributed by atoms with Crippen LogP contribution in [-0.2, 0) is 0 Å². The summed E-state index contributed by atoms with van der Waals surface area (Å²) in [5.74, 6) is -0.320. The third-order valence-electron chi connectivity index (χ3n) is 2.76. The predicted octanol–water partition coefficient (Wildman–Crippen LogP) is 1.80. The lowest BCUT2D eigenvalue weighted by molar-refractivity contribution is 0.0776. The number of amides is 1. The van der Waals surface area contributed by atoms with Crippen molar-refractivity contribution >= 4 is 5.91 Å². The molecule has 0 spiro atoms. The molecule has 1 atom stereocenters. The van der Waals surface area contributed by atoms with Crippen molar-refractivity contribution in [1.29, 1.82) is 0 Å². The molecule has 0 radical (unpaired) electrons. The molecule has 0 fully saturated rings. The second-order valence-corrected chi connectivity index (χ2v) is 4.49. The van der Waals surface area contributed by atoms with Crippen LogP contribution in [0.15, 0.2) is 18.2 Å². The number of rotatable bonds is 4. The molecule has 2 N–H and O–H groups in total. The lowest BCUT2D eigenvalue weighted by Crippen LogP contribution is -2.33. The maximum absolute atomic E-state index is 13.1. The van der Waals surface area contributed by atoms with Gasteiger partial charge in [0.25, 0.3) is 5.91 Å². The summed E-state index contributed by atoms with van der Waals surface area (Å²) in [4.78, 5) is 13.7. The Labute approximate surface area is 101 Å². The van der Waals surface area contributed by atoms with Crippen LogP contribution in [0.1, 0.15) is 22.8 Å². The maximum atomic E-state index is 13.1. The monoisotopic (exact) mass is 238 g/mol. The highest BCUT2D eigenvalue weighted by atomic mass is 19.1. The zero-order valence-electron chi connectivity index (χ0n) is 10.5. The number of nitrogens with zero attached hydrogens (tertiary/aromatic N) is 1. The Morgan fingerprint density at radius 1 is 1.53 bits per heavy atom. The number of nitrogens with two attached hydrogens (primary N) is 1. The van der Waals surface area contributed by atoms with Crippen molar-refractivity contribution < 1.29 is 9.18 Å². The Morgan fingerprint density at radius 2 is 2.18 bits per heavy atom. The van der Waals surface area contributed by atoms with Crippen molar-refractivity contribution in [2.45, 2.75) is 13.8 Å². The number of carbonyl (C=O) groups is 1. The van der Waals surface area contributed by atoms with Crippen LogP contribution in [0, 0.1) is 18.7 Å². The number of benzene rings is 1. The van der Waals surface area contributed by atoms with Crippen molar-refractivity contribution in [3.63, 3.8) is 0 Å². The summed E-state index contributed by atoms with van der Waals surface area (Å²) in [6.07, 6.45) is 0. The van der Waals surface area contributed by atoms with E-state index in [4.69, 9.17) is 5.73 Å². The van der Waals surface area contributed by atoms with Gasteiger partial charge in [0.1, 0.15) is 5.82 Å². The number of carbonyl (C=O) groups excluding carboxylic acids is 1. The predicted molar refractivity (Wildman–Crippen MR) is 66.3 cm³/mol. The van der Waals surface area contributed by atoms with Crippen LogP contribution in [0.4, 0.5) is 4.39 Å². The molecule has 0 aliphatic rings. The first kappa shape index (κ1) is 13.6. The van der Waals surface area contributed by atoms with Gasteiger partial charge in [-0.2, -0.15) is 0 Å². The number of hydrogen-bond acceptors (Lipinski definition) is 2. The third kappa shape index (κ3) is 3.53. The smallest absolute Gasteiger partial charge is 0.253 e. The van der Waals surface area contributed by atoms with E-state index in [9.17, 15) is 9.18 Å². The lowest BCUT2D eigenvalue weighted by atomic mass is 10.1. The summed E-state index contributed by atoms with van der Waals surface area (Å²) < 4.78 is 13.1. The van der Waals surface area contributed by atoms with Crippen molar-refractivity contribution in [2.75, 3.05) is 20.1 Å². The van der Waals surface area contributed by atoms with E-state index < -0.39 is 0 Å². The fourth-order valence-corrected chi connectivity index (χ4v) is 1.66. The highest BCUT2D eigenvalue weighted by molar-refractivity contribution is 5.95. The SMILES string of the molecule is Cc1ccc(F)cc1C(=O)N(C)CC(C)CN. The van der Waals surface area contributed by atoms with Gasteiger partial charge in [-0.15, -0.1) is 0 Å². The van der Waals surface area contributed by atoms with Gasteiger partial charge in [-0.1, -0.05) is 13.0 Å². The Morgan fingerprint density at radius 3 is 2.76 bits per heavy atom. The molecule has 0 heterocycles. The van der Waals surface area contributed by atoms with Crippen LogP contribution in [0.25, 0.3) is 0 Å². The van der Waals surface area contributed by atoms with Crippen LogP contribution in [0.3, 0.4) is 0 Å². The summed E-state index contributed by atoms with van der Waals surface area (Å²) >= 11 is 0. The molecule has 4 heteroatoms. The minimum absolute atomic E-state index is 0.165. The summed E-state index contributed by atoms with van der Waals surface area (Å²) in [7, 11) is 1.71. The molecule has 3 nitrogen and oxygen atoms in total. The van der Waals surface area contributed by atoms with E-state index in [1.807, 2.05) is 6.92 Å². The second kappa shape index (κ2) is 5.77. The van der Waals surface area contributed by atoms with Crippen molar-refractivity contribution in [3.8, 4) is 0 Å². The molecule has 0 aliphatic carbocycles. The Bertz CT molecular complexity index is 406. The van der Waals surface area contributed by atoms with Gasteiger partial charge in [-0.05, 0) is 37.1 Å². The lowest BCUT2D eigenvalue weighted by Gasteiger charge is -2.21. The van der Waals surface area contributed by atoms with E-state index in [0.717, 1.165) is 5.56 Å². The molecule has 17 heavy (non-hydrogen) atoms. The average molecular weight is 238 g/mol. The van der Waals surface area contributed by atoms with Crippen LogP contribution in [0.2, 0.25) is 0 Å². The zero-order valence-corrected chi connectivity index (χ0v) is 10.5. The second-order valence-electron chi connectivity index (χ2n) is 4.49. The summed E-state index contributed by atoms with van der Waals surface area (Å²) in [6.45, 7) is 4.88. The topological polar surface area (TPSA) is 46.3 Å². The molecule has 94 valence electrons. The van der Waals surface area contributed by atoms with E-state index in [-0.39, 0.29) is 17.6 Å². The number of aryl methyl sites for hydroxylation is 1. The summed E-state index contributed by atoms with van der Waals surface area (Å²) in [5, 5.41) is 0. The minimum Gasteiger partial charge on any atom is -0.341 e. The first-order valence-corrected chi connectivity index (χ1v) is 5.67. The van der Waals surface area contributed by atoms with Crippen molar-refractivity contribution in [1.82, 2.24) is 4.90 Å². The molecular weight excluding hydrogens is 219 g/mol. The van der Waals surface area contributed by atoms with Gasteiger partial charge in [-0.3, -0.25) is 4.79 Å². The van der Waals surface area contributed by atoms with Crippen LogP contribution >= 0.6 is 0 Å². The van der Waals surface area contributed by atoms with Crippen LogP contribution in [-0.4, -0.2) is 30.9 Å². The molecule has 0 bridgehead atoms.